The molecule has 2 atom stereocenters. The van der Waals surface area contributed by atoms with E-state index < -0.39 is 0 Å². The van der Waals surface area contributed by atoms with Crippen molar-refractivity contribution in [2.45, 2.75) is 38.8 Å². The van der Waals surface area contributed by atoms with Gasteiger partial charge in [0.05, 0.1) is 0 Å². The molecule has 2 unspecified atom stereocenters. The molecule has 1 amide bonds. The Kier molecular flexibility index (Phi) is 8.59. The van der Waals surface area contributed by atoms with Gasteiger partial charge in [-0.2, -0.15) is 0 Å². The number of piperidine rings is 1. The highest BCUT2D eigenvalue weighted by molar-refractivity contribution is 5.85. The molecule has 1 aliphatic rings. The molecule has 0 radical (unpaired) electrons. The molecule has 0 saturated carbocycles. The van der Waals surface area contributed by atoms with Crippen LogP contribution in [0.15, 0.2) is 30.3 Å². The van der Waals surface area contributed by atoms with Gasteiger partial charge in [-0.15, -0.1) is 12.4 Å². The van der Waals surface area contributed by atoms with E-state index >= 15 is 0 Å². The number of likely N-dealkylation sites (tertiary alicyclic amines) is 1. The highest BCUT2D eigenvalue weighted by Gasteiger charge is 2.33. The Balaban J connectivity index is 0.00000264. The van der Waals surface area contributed by atoms with Crippen LogP contribution in [0, 0.1) is 0 Å². The molecular formula is C18H30ClN3O. The number of benzene rings is 1. The summed E-state index contributed by atoms with van der Waals surface area (Å²) in [7, 11) is 2.01. The zero-order chi connectivity index (χ0) is 15.9. The van der Waals surface area contributed by atoms with Gasteiger partial charge in [0.25, 0.3) is 0 Å². The van der Waals surface area contributed by atoms with Gasteiger partial charge in [-0.25, -0.2) is 0 Å². The van der Waals surface area contributed by atoms with Crippen molar-refractivity contribution in [3.05, 3.63) is 35.9 Å². The number of nitrogens with one attached hydrogen (secondary N) is 1. The fourth-order valence-corrected chi connectivity index (χ4v) is 3.33. The number of carbonyl (C=O) groups excluding carboxylic acids is 1. The number of rotatable bonds is 6. The number of hydrogen-bond donors (Lipinski definition) is 1. The summed E-state index contributed by atoms with van der Waals surface area (Å²) in [4.78, 5) is 17.4. The molecule has 1 heterocycles. The Morgan fingerprint density at radius 1 is 1.30 bits per heavy atom. The van der Waals surface area contributed by atoms with Crippen molar-refractivity contribution < 1.29 is 4.79 Å². The molecule has 1 saturated heterocycles. The minimum absolute atomic E-state index is 0. The van der Waals surface area contributed by atoms with Crippen LogP contribution in [0.4, 0.5) is 0 Å². The van der Waals surface area contributed by atoms with Crippen LogP contribution < -0.4 is 5.32 Å². The van der Waals surface area contributed by atoms with E-state index in [1.165, 1.54) is 6.42 Å². The SMILES string of the molecule is CCN(CC)C(=O)C(c1ccccc1)N1CCCC(NC)C1.Cl. The highest BCUT2D eigenvalue weighted by atomic mass is 35.5. The molecule has 1 aromatic rings. The van der Waals surface area contributed by atoms with Crippen LogP contribution >= 0.6 is 12.4 Å². The van der Waals surface area contributed by atoms with Crippen molar-refractivity contribution in [3.8, 4) is 0 Å². The zero-order valence-electron chi connectivity index (χ0n) is 14.5. The second kappa shape index (κ2) is 9.91. The van der Waals surface area contributed by atoms with E-state index in [1.807, 2.05) is 30.1 Å². The van der Waals surface area contributed by atoms with Crippen molar-refractivity contribution in [2.24, 2.45) is 0 Å². The average molecular weight is 340 g/mol. The number of likely N-dealkylation sites (N-methyl/N-ethyl adjacent to an activating group) is 2. The van der Waals surface area contributed by atoms with Gasteiger partial charge in [-0.3, -0.25) is 9.69 Å². The predicted molar refractivity (Wildman–Crippen MR) is 98.0 cm³/mol. The number of amides is 1. The van der Waals surface area contributed by atoms with Crippen LogP contribution in [0.2, 0.25) is 0 Å². The van der Waals surface area contributed by atoms with E-state index in [2.05, 4.69) is 36.2 Å². The summed E-state index contributed by atoms with van der Waals surface area (Å²) in [6, 6.07) is 10.5. The van der Waals surface area contributed by atoms with Crippen molar-refractivity contribution in [2.75, 3.05) is 33.2 Å². The summed E-state index contributed by atoms with van der Waals surface area (Å²) in [5.74, 6) is 0.230. The molecule has 5 heteroatoms. The standard InChI is InChI=1S/C18H29N3O.ClH/c1-4-20(5-2)18(22)17(15-10-7-6-8-11-15)21-13-9-12-16(14-21)19-3;/h6-8,10-11,16-17,19H,4-5,9,12-14H2,1-3H3;1H. The van der Waals surface area contributed by atoms with Gasteiger partial charge in [0.15, 0.2) is 0 Å². The summed E-state index contributed by atoms with van der Waals surface area (Å²) in [5.41, 5.74) is 1.11. The van der Waals surface area contributed by atoms with Crippen molar-refractivity contribution >= 4 is 18.3 Å². The fourth-order valence-electron chi connectivity index (χ4n) is 3.33. The Hall–Kier alpha value is -1.10. The summed E-state index contributed by atoms with van der Waals surface area (Å²) in [6.45, 7) is 7.56. The molecule has 1 N–H and O–H groups in total. The van der Waals surface area contributed by atoms with Crippen LogP contribution in [-0.2, 0) is 4.79 Å². The number of carbonyl (C=O) groups is 1. The van der Waals surface area contributed by atoms with Gasteiger partial charge in [-0.05, 0) is 45.8 Å². The summed E-state index contributed by atoms with van der Waals surface area (Å²) < 4.78 is 0. The van der Waals surface area contributed by atoms with Gasteiger partial charge >= 0.3 is 0 Å². The lowest BCUT2D eigenvalue weighted by Crippen LogP contribution is -2.50. The second-order valence-corrected chi connectivity index (χ2v) is 5.95. The number of hydrogen-bond acceptors (Lipinski definition) is 3. The lowest BCUT2D eigenvalue weighted by atomic mass is 9.98. The molecule has 23 heavy (non-hydrogen) atoms. The van der Waals surface area contributed by atoms with Crippen LogP contribution in [0.5, 0.6) is 0 Å². The summed E-state index contributed by atoms with van der Waals surface area (Å²) in [5, 5.41) is 3.37. The first-order valence-corrected chi connectivity index (χ1v) is 8.46. The Labute approximate surface area is 146 Å². The minimum Gasteiger partial charge on any atom is -0.342 e. The van der Waals surface area contributed by atoms with Crippen LogP contribution in [0.1, 0.15) is 38.3 Å². The molecule has 1 fully saturated rings. The Bertz CT molecular complexity index is 465. The maximum absolute atomic E-state index is 13.1. The van der Waals surface area contributed by atoms with Crippen LogP contribution in [0.25, 0.3) is 0 Å². The zero-order valence-corrected chi connectivity index (χ0v) is 15.3. The third-order valence-electron chi connectivity index (χ3n) is 4.65. The van der Waals surface area contributed by atoms with E-state index in [0.717, 1.165) is 38.2 Å². The predicted octanol–water partition coefficient (Wildman–Crippen LogP) is 2.70. The monoisotopic (exact) mass is 339 g/mol. The Morgan fingerprint density at radius 2 is 1.96 bits per heavy atom. The third-order valence-corrected chi connectivity index (χ3v) is 4.65. The van der Waals surface area contributed by atoms with Gasteiger partial charge < -0.3 is 10.2 Å². The largest absolute Gasteiger partial charge is 0.342 e. The van der Waals surface area contributed by atoms with Crippen molar-refractivity contribution in [1.82, 2.24) is 15.1 Å². The number of nitrogens with zero attached hydrogens (tertiary/aromatic N) is 2. The molecule has 1 aromatic carbocycles. The molecule has 0 bridgehead atoms. The summed E-state index contributed by atoms with van der Waals surface area (Å²) >= 11 is 0. The molecular weight excluding hydrogens is 310 g/mol. The van der Waals surface area contributed by atoms with E-state index in [-0.39, 0.29) is 24.4 Å². The minimum atomic E-state index is -0.155. The molecule has 1 aliphatic heterocycles. The third kappa shape index (κ3) is 4.93. The molecule has 0 aliphatic carbocycles. The fraction of sp³-hybridized carbons (Fsp3) is 0.611. The first-order valence-electron chi connectivity index (χ1n) is 8.46. The van der Waals surface area contributed by atoms with E-state index in [4.69, 9.17) is 0 Å². The maximum Gasteiger partial charge on any atom is 0.244 e. The topological polar surface area (TPSA) is 35.6 Å². The smallest absolute Gasteiger partial charge is 0.244 e. The second-order valence-electron chi connectivity index (χ2n) is 5.95. The first kappa shape index (κ1) is 19.9. The van der Waals surface area contributed by atoms with E-state index in [0.29, 0.717) is 6.04 Å². The van der Waals surface area contributed by atoms with Crippen molar-refractivity contribution in [1.29, 1.82) is 0 Å². The summed E-state index contributed by atoms with van der Waals surface area (Å²) in [6.07, 6.45) is 2.33. The first-order chi connectivity index (χ1) is 10.7. The average Bonchev–Trinajstić information content (AvgIpc) is 2.57. The van der Waals surface area contributed by atoms with Gasteiger partial charge in [0.1, 0.15) is 6.04 Å². The molecule has 2 rings (SSSR count). The molecule has 130 valence electrons. The van der Waals surface area contributed by atoms with Gasteiger partial charge in [0, 0.05) is 25.7 Å². The molecule has 0 aromatic heterocycles. The normalized spacial score (nSPS) is 19.7. The quantitative estimate of drug-likeness (QED) is 0.865. The molecule has 0 spiro atoms. The van der Waals surface area contributed by atoms with E-state index in [1.54, 1.807) is 0 Å². The van der Waals surface area contributed by atoms with Gasteiger partial charge in [0.2, 0.25) is 5.91 Å². The molecule has 4 nitrogen and oxygen atoms in total. The Morgan fingerprint density at radius 3 is 2.52 bits per heavy atom. The van der Waals surface area contributed by atoms with E-state index in [9.17, 15) is 4.79 Å². The lowest BCUT2D eigenvalue weighted by molar-refractivity contribution is -0.137. The lowest BCUT2D eigenvalue weighted by Gasteiger charge is -2.39. The van der Waals surface area contributed by atoms with Crippen LogP contribution in [0.3, 0.4) is 0 Å². The van der Waals surface area contributed by atoms with Crippen LogP contribution in [-0.4, -0.2) is 55.0 Å². The highest BCUT2D eigenvalue weighted by Crippen LogP contribution is 2.26. The maximum atomic E-state index is 13.1. The van der Waals surface area contributed by atoms with Gasteiger partial charge in [-0.1, -0.05) is 30.3 Å². The van der Waals surface area contributed by atoms with Crippen molar-refractivity contribution in [3.63, 3.8) is 0 Å². The number of halogens is 1.